The van der Waals surface area contributed by atoms with Crippen molar-refractivity contribution >= 4 is 17.9 Å². The highest BCUT2D eigenvalue weighted by Crippen LogP contribution is 2.38. The average molecular weight is 457 g/mol. The number of methoxy groups -OCH3 is 2. The minimum Gasteiger partial charge on any atom is -0.494 e. The van der Waals surface area contributed by atoms with E-state index in [1.54, 1.807) is 32.4 Å². The van der Waals surface area contributed by atoms with E-state index in [1.807, 2.05) is 35.9 Å². The molecule has 3 heterocycles. The Labute approximate surface area is 192 Å². The molecular weight excluding hydrogens is 428 g/mol. The van der Waals surface area contributed by atoms with Gasteiger partial charge in [0.1, 0.15) is 23.0 Å². The van der Waals surface area contributed by atoms with Gasteiger partial charge in [-0.15, -0.1) is 10.2 Å². The Kier molecular flexibility index (Phi) is 7.11. The number of rotatable bonds is 9. The Hall–Kier alpha value is -2.85. The lowest BCUT2D eigenvalue weighted by Gasteiger charge is -2.19. The highest BCUT2D eigenvalue weighted by atomic mass is 32.2. The van der Waals surface area contributed by atoms with Crippen molar-refractivity contribution in [3.8, 4) is 17.2 Å². The number of ether oxygens (including phenoxy) is 3. The first-order valence-corrected chi connectivity index (χ1v) is 11.4. The fourth-order valence-corrected chi connectivity index (χ4v) is 4.34. The van der Waals surface area contributed by atoms with E-state index in [9.17, 15) is 0 Å². The van der Waals surface area contributed by atoms with Crippen LogP contribution >= 0.6 is 11.9 Å². The summed E-state index contributed by atoms with van der Waals surface area (Å²) in [5.74, 6) is 2.95. The summed E-state index contributed by atoms with van der Waals surface area (Å²) in [6, 6.07) is 5.71. The van der Waals surface area contributed by atoms with Crippen molar-refractivity contribution in [2.75, 3.05) is 32.2 Å². The van der Waals surface area contributed by atoms with Crippen molar-refractivity contribution in [1.82, 2.24) is 24.7 Å². The summed E-state index contributed by atoms with van der Waals surface area (Å²) < 4.78 is 22.3. The van der Waals surface area contributed by atoms with Crippen LogP contribution in [0.5, 0.6) is 11.5 Å². The van der Waals surface area contributed by atoms with Crippen LogP contribution in [0.25, 0.3) is 5.69 Å². The predicted octanol–water partition coefficient (Wildman–Crippen LogP) is 3.58. The highest BCUT2D eigenvalue weighted by Gasteiger charge is 2.29. The van der Waals surface area contributed by atoms with Crippen LogP contribution in [-0.4, -0.2) is 57.4 Å². The standard InChI is InChI=1S/C22H28N6O3S/c1-14-11-24-17(12-23-14)10-15(2)32-27-22-26-25-21(16-8-9-31-13-16)28(22)20-18(29-3)6-5-7-19(20)30-4/h5-7,11-12,15-16H,8-10,13H2,1-4H3,(H,26,27). The maximum atomic E-state index is 5.66. The lowest BCUT2D eigenvalue weighted by molar-refractivity contribution is 0.193. The van der Waals surface area contributed by atoms with Gasteiger partial charge in [0.25, 0.3) is 0 Å². The van der Waals surface area contributed by atoms with Gasteiger partial charge >= 0.3 is 0 Å². The number of aryl methyl sites for hydroxylation is 1. The number of hydrogen-bond acceptors (Lipinski definition) is 9. The zero-order valence-corrected chi connectivity index (χ0v) is 19.6. The van der Waals surface area contributed by atoms with Gasteiger partial charge in [-0.25, -0.2) is 0 Å². The van der Waals surface area contributed by atoms with Gasteiger partial charge in [0.05, 0.1) is 32.2 Å². The van der Waals surface area contributed by atoms with E-state index in [-0.39, 0.29) is 11.2 Å². The number of anilines is 1. The smallest absolute Gasteiger partial charge is 0.239 e. The molecule has 0 bridgehead atoms. The van der Waals surface area contributed by atoms with E-state index in [2.05, 4.69) is 31.8 Å². The minimum atomic E-state index is 0.151. The van der Waals surface area contributed by atoms with Gasteiger partial charge in [-0.1, -0.05) is 13.0 Å². The average Bonchev–Trinajstić information content (AvgIpc) is 3.48. The van der Waals surface area contributed by atoms with Crippen LogP contribution < -0.4 is 14.2 Å². The van der Waals surface area contributed by atoms with Crippen molar-refractivity contribution in [3.63, 3.8) is 0 Å². The number of hydrogen-bond donors (Lipinski definition) is 1. The Morgan fingerprint density at radius 1 is 1.19 bits per heavy atom. The molecule has 0 aliphatic carbocycles. The monoisotopic (exact) mass is 456 g/mol. The zero-order valence-electron chi connectivity index (χ0n) is 18.7. The maximum absolute atomic E-state index is 5.66. The van der Waals surface area contributed by atoms with E-state index in [0.717, 1.165) is 35.7 Å². The van der Waals surface area contributed by atoms with Crippen LogP contribution in [-0.2, 0) is 11.2 Å². The Morgan fingerprint density at radius 3 is 2.59 bits per heavy atom. The largest absolute Gasteiger partial charge is 0.494 e. The quantitative estimate of drug-likeness (QED) is 0.485. The van der Waals surface area contributed by atoms with Gasteiger partial charge < -0.3 is 14.2 Å². The lowest BCUT2D eigenvalue weighted by Crippen LogP contribution is -2.13. The summed E-state index contributed by atoms with van der Waals surface area (Å²) in [5, 5.41) is 9.22. The third-order valence-corrected chi connectivity index (χ3v) is 6.16. The molecular formula is C22H28N6O3S. The maximum Gasteiger partial charge on any atom is 0.239 e. The molecule has 1 saturated heterocycles. The van der Waals surface area contributed by atoms with Gasteiger partial charge in [0.15, 0.2) is 0 Å². The molecule has 3 aromatic rings. The Morgan fingerprint density at radius 2 is 1.97 bits per heavy atom. The molecule has 170 valence electrons. The van der Waals surface area contributed by atoms with Crippen molar-refractivity contribution in [2.45, 2.75) is 37.9 Å². The molecule has 0 spiro atoms. The van der Waals surface area contributed by atoms with E-state index >= 15 is 0 Å². The SMILES string of the molecule is COc1cccc(OC)c1-n1c(NSC(C)Cc2cnc(C)cn2)nnc1C1CCOC1. The third-order valence-electron chi connectivity index (χ3n) is 5.29. The summed E-state index contributed by atoms with van der Waals surface area (Å²) in [6.07, 6.45) is 5.29. The molecule has 2 atom stereocenters. The summed E-state index contributed by atoms with van der Waals surface area (Å²) in [5.41, 5.74) is 2.63. The molecule has 1 aromatic carbocycles. The Bertz CT molecular complexity index is 1010. The molecule has 1 N–H and O–H groups in total. The molecule has 1 aliphatic rings. The zero-order chi connectivity index (χ0) is 22.5. The molecule has 1 aliphatic heterocycles. The molecule has 32 heavy (non-hydrogen) atoms. The second-order valence-corrected chi connectivity index (χ2v) is 8.92. The van der Waals surface area contributed by atoms with Crippen molar-refractivity contribution in [1.29, 1.82) is 0 Å². The summed E-state index contributed by atoms with van der Waals surface area (Å²) in [6.45, 7) is 5.40. The van der Waals surface area contributed by atoms with Gasteiger partial charge in [-0.2, -0.15) is 0 Å². The second kappa shape index (κ2) is 10.2. The lowest BCUT2D eigenvalue weighted by atomic mass is 10.1. The molecule has 2 aromatic heterocycles. The number of benzene rings is 1. The van der Waals surface area contributed by atoms with Crippen LogP contribution in [0, 0.1) is 6.92 Å². The van der Waals surface area contributed by atoms with Gasteiger partial charge in [0, 0.05) is 36.6 Å². The second-order valence-electron chi connectivity index (χ2n) is 7.67. The van der Waals surface area contributed by atoms with Gasteiger partial charge in [-0.3, -0.25) is 19.3 Å². The van der Waals surface area contributed by atoms with Crippen LogP contribution in [0.15, 0.2) is 30.6 Å². The fraction of sp³-hybridized carbons (Fsp3) is 0.455. The van der Waals surface area contributed by atoms with Gasteiger partial charge in [-0.05, 0) is 37.4 Å². The van der Waals surface area contributed by atoms with E-state index in [1.165, 1.54) is 0 Å². The Balaban J connectivity index is 1.62. The first-order valence-electron chi connectivity index (χ1n) is 10.5. The number of aromatic nitrogens is 5. The van der Waals surface area contributed by atoms with Crippen LogP contribution in [0.2, 0.25) is 0 Å². The van der Waals surface area contributed by atoms with Gasteiger partial charge in [0.2, 0.25) is 5.95 Å². The van der Waals surface area contributed by atoms with E-state index in [0.29, 0.717) is 30.7 Å². The number of para-hydroxylation sites is 1. The highest BCUT2D eigenvalue weighted by molar-refractivity contribution is 8.01. The molecule has 1 fully saturated rings. The number of nitrogens with one attached hydrogen (secondary N) is 1. The first kappa shape index (κ1) is 22.3. The van der Waals surface area contributed by atoms with Crippen molar-refractivity contribution < 1.29 is 14.2 Å². The topological polar surface area (TPSA) is 96.2 Å². The third kappa shape index (κ3) is 4.81. The molecule has 4 rings (SSSR count). The predicted molar refractivity (Wildman–Crippen MR) is 124 cm³/mol. The van der Waals surface area contributed by atoms with E-state index < -0.39 is 0 Å². The summed E-state index contributed by atoms with van der Waals surface area (Å²) in [4.78, 5) is 8.79. The normalized spacial score (nSPS) is 16.7. The first-order chi connectivity index (χ1) is 15.6. The van der Waals surface area contributed by atoms with E-state index in [4.69, 9.17) is 14.2 Å². The molecule has 9 nitrogen and oxygen atoms in total. The molecule has 10 heteroatoms. The van der Waals surface area contributed by atoms with Crippen LogP contribution in [0.4, 0.5) is 5.95 Å². The van der Waals surface area contributed by atoms with Crippen LogP contribution in [0.1, 0.15) is 36.5 Å². The summed E-state index contributed by atoms with van der Waals surface area (Å²) in [7, 11) is 3.29. The van der Waals surface area contributed by atoms with Crippen molar-refractivity contribution in [2.24, 2.45) is 0 Å². The molecule has 0 saturated carbocycles. The minimum absolute atomic E-state index is 0.151. The van der Waals surface area contributed by atoms with Crippen LogP contribution in [0.3, 0.4) is 0 Å². The fourth-order valence-electron chi connectivity index (χ4n) is 3.65. The molecule has 2 unspecified atom stereocenters. The molecule has 0 amide bonds. The molecule has 0 radical (unpaired) electrons. The number of nitrogens with zero attached hydrogens (tertiary/aromatic N) is 5. The van der Waals surface area contributed by atoms with Crippen molar-refractivity contribution in [3.05, 3.63) is 47.8 Å². The summed E-state index contributed by atoms with van der Waals surface area (Å²) >= 11 is 1.57.